The van der Waals surface area contributed by atoms with Gasteiger partial charge in [-0.2, -0.15) is 0 Å². The molecule has 8 nitrogen and oxygen atoms in total. The van der Waals surface area contributed by atoms with Gasteiger partial charge in [0.15, 0.2) is 11.5 Å². The van der Waals surface area contributed by atoms with Crippen LogP contribution in [-0.4, -0.2) is 34.2 Å². The van der Waals surface area contributed by atoms with Crippen LogP contribution in [0.4, 0.5) is 10.5 Å². The predicted molar refractivity (Wildman–Crippen MR) is 118 cm³/mol. The summed E-state index contributed by atoms with van der Waals surface area (Å²) in [6.07, 6.45) is 2.47. The molecule has 0 bridgehead atoms. The number of imide groups is 1. The van der Waals surface area contributed by atoms with Crippen molar-refractivity contribution < 1.29 is 24.0 Å². The van der Waals surface area contributed by atoms with Gasteiger partial charge < -0.3 is 9.47 Å². The molecule has 0 aliphatic carbocycles. The summed E-state index contributed by atoms with van der Waals surface area (Å²) in [7, 11) is 1.53. The van der Waals surface area contributed by atoms with E-state index < -0.39 is 16.1 Å². The summed E-state index contributed by atoms with van der Waals surface area (Å²) in [6.45, 7) is 3.82. The van der Waals surface area contributed by atoms with Crippen LogP contribution in [0.25, 0.3) is 6.08 Å². The van der Waals surface area contributed by atoms with Gasteiger partial charge in [-0.15, -0.1) is 0 Å². The lowest BCUT2D eigenvalue weighted by Crippen LogP contribution is -2.27. The number of nitrogens with zero attached hydrogens (tertiary/aromatic N) is 2. The second kappa shape index (κ2) is 9.65. The first-order chi connectivity index (χ1) is 14.8. The highest BCUT2D eigenvalue weighted by molar-refractivity contribution is 8.18. The van der Waals surface area contributed by atoms with Crippen molar-refractivity contribution in [1.82, 2.24) is 4.90 Å². The SMILES string of the molecule is CC[C@@H](C)Oc1ccc(/C=C2\SC(=O)N(Cc3ccccc3[N+](=O)[O-])C2=O)cc1OC. The smallest absolute Gasteiger partial charge is 0.293 e. The Balaban J connectivity index is 1.83. The van der Waals surface area contributed by atoms with Crippen LogP contribution >= 0.6 is 11.8 Å². The Morgan fingerprint density at radius 1 is 1.19 bits per heavy atom. The Morgan fingerprint density at radius 3 is 2.61 bits per heavy atom. The van der Waals surface area contributed by atoms with Crippen LogP contribution in [0, 0.1) is 10.1 Å². The van der Waals surface area contributed by atoms with Gasteiger partial charge in [0.05, 0.1) is 29.6 Å². The van der Waals surface area contributed by atoms with Gasteiger partial charge >= 0.3 is 0 Å². The number of ether oxygens (including phenoxy) is 2. The average Bonchev–Trinajstić information content (AvgIpc) is 3.02. The minimum atomic E-state index is -0.528. The van der Waals surface area contributed by atoms with E-state index in [1.54, 1.807) is 30.3 Å². The second-order valence-electron chi connectivity index (χ2n) is 6.90. The fourth-order valence-electron chi connectivity index (χ4n) is 2.95. The van der Waals surface area contributed by atoms with Crippen LogP contribution in [0.1, 0.15) is 31.4 Å². The summed E-state index contributed by atoms with van der Waals surface area (Å²) in [5.74, 6) is 0.624. The molecule has 0 spiro atoms. The highest BCUT2D eigenvalue weighted by Crippen LogP contribution is 2.36. The molecule has 162 valence electrons. The molecule has 9 heteroatoms. The van der Waals surface area contributed by atoms with E-state index >= 15 is 0 Å². The highest BCUT2D eigenvalue weighted by atomic mass is 32.2. The monoisotopic (exact) mass is 442 g/mol. The summed E-state index contributed by atoms with van der Waals surface area (Å²) in [5.41, 5.74) is 0.834. The van der Waals surface area contributed by atoms with E-state index in [4.69, 9.17) is 9.47 Å². The Hall–Kier alpha value is -3.33. The summed E-state index contributed by atoms with van der Waals surface area (Å²) >= 11 is 0.799. The number of rotatable bonds is 8. The zero-order chi connectivity index (χ0) is 22.5. The maximum atomic E-state index is 12.8. The number of carbonyl (C=O) groups is 2. The third-order valence-corrected chi connectivity index (χ3v) is 5.69. The Labute approximate surface area is 184 Å². The zero-order valence-corrected chi connectivity index (χ0v) is 18.2. The molecule has 2 amide bonds. The molecule has 2 aromatic carbocycles. The molecule has 3 rings (SSSR count). The summed E-state index contributed by atoms with van der Waals surface area (Å²) in [4.78, 5) is 37.2. The second-order valence-corrected chi connectivity index (χ2v) is 7.89. The van der Waals surface area contributed by atoms with Crippen LogP contribution in [-0.2, 0) is 11.3 Å². The third kappa shape index (κ3) is 5.05. The quantitative estimate of drug-likeness (QED) is 0.322. The summed E-state index contributed by atoms with van der Waals surface area (Å²) in [6, 6.07) is 11.3. The number of para-hydroxylation sites is 1. The molecule has 1 heterocycles. The molecule has 1 atom stereocenters. The van der Waals surface area contributed by atoms with E-state index in [1.807, 2.05) is 13.8 Å². The van der Waals surface area contributed by atoms with Crippen LogP contribution in [0.3, 0.4) is 0 Å². The first kappa shape index (κ1) is 22.4. The van der Waals surface area contributed by atoms with Gasteiger partial charge in [0, 0.05) is 11.6 Å². The lowest BCUT2D eigenvalue weighted by atomic mass is 10.1. The molecule has 0 unspecified atom stereocenters. The predicted octanol–water partition coefficient (Wildman–Crippen LogP) is 5.02. The molecule has 1 aliphatic heterocycles. The normalized spacial score (nSPS) is 16.0. The molecule has 31 heavy (non-hydrogen) atoms. The number of hydrogen-bond donors (Lipinski definition) is 0. The van der Waals surface area contributed by atoms with Crippen molar-refractivity contribution in [2.45, 2.75) is 32.9 Å². The molecular formula is C22H22N2O6S. The van der Waals surface area contributed by atoms with E-state index in [-0.39, 0.29) is 23.2 Å². The van der Waals surface area contributed by atoms with Crippen molar-refractivity contribution in [1.29, 1.82) is 0 Å². The van der Waals surface area contributed by atoms with E-state index in [9.17, 15) is 19.7 Å². The summed E-state index contributed by atoms with van der Waals surface area (Å²) < 4.78 is 11.2. The zero-order valence-electron chi connectivity index (χ0n) is 17.4. The van der Waals surface area contributed by atoms with Crippen LogP contribution in [0.15, 0.2) is 47.4 Å². The Morgan fingerprint density at radius 2 is 1.94 bits per heavy atom. The van der Waals surface area contributed by atoms with Crippen molar-refractivity contribution in [3.8, 4) is 11.5 Å². The van der Waals surface area contributed by atoms with Crippen LogP contribution in [0.5, 0.6) is 11.5 Å². The number of thioether (sulfide) groups is 1. The molecule has 0 aromatic heterocycles. The molecule has 0 radical (unpaired) electrons. The first-order valence-corrected chi connectivity index (χ1v) is 10.5. The number of hydrogen-bond acceptors (Lipinski definition) is 7. The molecule has 1 saturated heterocycles. The number of nitro benzene ring substituents is 1. The first-order valence-electron chi connectivity index (χ1n) is 9.66. The number of nitro groups is 1. The Kier molecular flexibility index (Phi) is 6.96. The van der Waals surface area contributed by atoms with Gasteiger partial charge in [0.1, 0.15) is 0 Å². The maximum Gasteiger partial charge on any atom is 0.293 e. The van der Waals surface area contributed by atoms with Crippen LogP contribution in [0.2, 0.25) is 0 Å². The van der Waals surface area contributed by atoms with E-state index in [0.29, 0.717) is 22.6 Å². The lowest BCUT2D eigenvalue weighted by molar-refractivity contribution is -0.385. The molecule has 1 fully saturated rings. The lowest BCUT2D eigenvalue weighted by Gasteiger charge is -2.15. The number of carbonyl (C=O) groups excluding carboxylic acids is 2. The maximum absolute atomic E-state index is 12.8. The number of benzene rings is 2. The van der Waals surface area contributed by atoms with Crippen LogP contribution < -0.4 is 9.47 Å². The van der Waals surface area contributed by atoms with Gasteiger partial charge in [-0.3, -0.25) is 24.6 Å². The van der Waals surface area contributed by atoms with Gasteiger partial charge in [-0.1, -0.05) is 31.2 Å². The standard InChI is InChI=1S/C22H22N2O6S/c1-4-14(2)30-18-10-9-15(11-19(18)29-3)12-20-21(25)23(22(26)31-20)13-16-7-5-6-8-17(16)24(27)28/h5-12,14H,4,13H2,1-3H3/b20-12-/t14-/m1/s1. The number of amides is 2. The third-order valence-electron chi connectivity index (χ3n) is 4.78. The number of methoxy groups -OCH3 is 1. The minimum absolute atomic E-state index is 0.0262. The fraction of sp³-hybridized carbons (Fsp3) is 0.273. The van der Waals surface area contributed by atoms with Crippen molar-refractivity contribution in [3.63, 3.8) is 0 Å². The van der Waals surface area contributed by atoms with Gasteiger partial charge in [-0.05, 0) is 48.9 Å². The topological polar surface area (TPSA) is 99.0 Å². The van der Waals surface area contributed by atoms with E-state index in [2.05, 4.69) is 0 Å². The average molecular weight is 442 g/mol. The molecule has 0 saturated carbocycles. The molecule has 2 aromatic rings. The minimum Gasteiger partial charge on any atom is -0.493 e. The van der Waals surface area contributed by atoms with Crippen molar-refractivity contribution in [3.05, 3.63) is 68.6 Å². The van der Waals surface area contributed by atoms with E-state index in [1.165, 1.54) is 25.3 Å². The highest BCUT2D eigenvalue weighted by Gasteiger charge is 2.36. The molecule has 0 N–H and O–H groups in total. The van der Waals surface area contributed by atoms with Crippen molar-refractivity contribution >= 4 is 34.7 Å². The fourth-order valence-corrected chi connectivity index (χ4v) is 3.79. The van der Waals surface area contributed by atoms with Gasteiger partial charge in [-0.25, -0.2) is 0 Å². The molecular weight excluding hydrogens is 420 g/mol. The van der Waals surface area contributed by atoms with Crippen molar-refractivity contribution in [2.75, 3.05) is 7.11 Å². The Bertz CT molecular complexity index is 1050. The van der Waals surface area contributed by atoms with Gasteiger partial charge in [0.2, 0.25) is 0 Å². The largest absolute Gasteiger partial charge is 0.493 e. The van der Waals surface area contributed by atoms with Crippen molar-refractivity contribution in [2.24, 2.45) is 0 Å². The molecule has 1 aliphatic rings. The summed E-state index contributed by atoms with van der Waals surface area (Å²) in [5, 5.41) is 10.7. The van der Waals surface area contributed by atoms with Gasteiger partial charge in [0.25, 0.3) is 16.8 Å². The van der Waals surface area contributed by atoms with E-state index in [0.717, 1.165) is 23.1 Å².